The molecule has 0 fully saturated rings. The molecule has 0 unspecified atom stereocenters. The lowest BCUT2D eigenvalue weighted by Gasteiger charge is -2.18. The Balaban J connectivity index is 3.87. The van der Waals surface area contributed by atoms with Crippen LogP contribution in [0.3, 0.4) is 0 Å². The summed E-state index contributed by atoms with van der Waals surface area (Å²) >= 11 is 0. The van der Waals surface area contributed by atoms with Gasteiger partial charge in [-0.1, -0.05) is 166 Å². The number of phosphoric ester groups is 1. The first-order valence-electron chi connectivity index (χ1n) is 20.0. The normalized spacial score (nSPS) is 13.1. The lowest BCUT2D eigenvalue weighted by atomic mass is 10.0. The van der Waals surface area contributed by atoms with E-state index in [0.29, 0.717) is 0 Å². The maximum absolute atomic E-state index is 12.4. The van der Waals surface area contributed by atoms with Crippen LogP contribution in [0, 0.1) is 0 Å². The smallest absolute Gasteiger partial charge is 0.469 e. The molecule has 0 aromatic heterocycles. The summed E-state index contributed by atoms with van der Waals surface area (Å²) in [5.41, 5.74) is 0. The summed E-state index contributed by atoms with van der Waals surface area (Å²) in [5.74, 6) is -0.402. The highest BCUT2D eigenvalue weighted by Crippen LogP contribution is 2.36. The van der Waals surface area contributed by atoms with Crippen molar-refractivity contribution in [1.29, 1.82) is 0 Å². The zero-order chi connectivity index (χ0) is 35.9. The fraction of sp³-hybridized carbons (Fsp3) is 0.780. The molecular formula is C41H75O7P. The lowest BCUT2D eigenvalue weighted by molar-refractivity contribution is -0.153. The van der Waals surface area contributed by atoms with Crippen molar-refractivity contribution in [3.63, 3.8) is 0 Å². The van der Waals surface area contributed by atoms with E-state index < -0.39 is 26.5 Å². The van der Waals surface area contributed by atoms with Gasteiger partial charge in [0.2, 0.25) is 0 Å². The summed E-state index contributed by atoms with van der Waals surface area (Å²) in [4.78, 5) is 30.5. The minimum absolute atomic E-state index is 0.0135. The number of unbranched alkanes of at least 4 members (excludes halogenated alkanes) is 21. The second-order valence-corrected chi connectivity index (χ2v) is 14.5. The minimum Gasteiger partial charge on any atom is -0.498 e. The maximum Gasteiger partial charge on any atom is 0.469 e. The molecule has 0 bridgehead atoms. The van der Waals surface area contributed by atoms with Crippen molar-refractivity contribution in [3.8, 4) is 0 Å². The molecule has 0 saturated carbocycles. The summed E-state index contributed by atoms with van der Waals surface area (Å²) in [6.07, 6.45) is 47.7. The Bertz CT molecular complexity index is 877. The quantitative estimate of drug-likeness (QED) is 0.0217. The molecule has 0 heterocycles. The van der Waals surface area contributed by atoms with E-state index in [1.54, 1.807) is 6.26 Å². The predicted octanol–water partition coefficient (Wildman–Crippen LogP) is 12.8. The number of hydrogen-bond donors (Lipinski definition) is 2. The van der Waals surface area contributed by atoms with Crippen LogP contribution in [0.5, 0.6) is 0 Å². The molecule has 49 heavy (non-hydrogen) atoms. The van der Waals surface area contributed by atoms with Gasteiger partial charge in [-0.25, -0.2) is 4.57 Å². The van der Waals surface area contributed by atoms with Gasteiger partial charge in [0.1, 0.15) is 6.61 Å². The number of carbonyl (C=O) groups excluding carboxylic acids is 1. The number of esters is 1. The van der Waals surface area contributed by atoms with E-state index in [1.807, 2.05) is 6.08 Å². The van der Waals surface area contributed by atoms with Crippen LogP contribution in [0.25, 0.3) is 0 Å². The van der Waals surface area contributed by atoms with Gasteiger partial charge in [0.25, 0.3) is 0 Å². The van der Waals surface area contributed by atoms with Crippen LogP contribution in [-0.2, 0) is 23.4 Å². The van der Waals surface area contributed by atoms with Crippen LogP contribution in [0.4, 0.5) is 0 Å². The Kier molecular flexibility index (Phi) is 36.3. The summed E-state index contributed by atoms with van der Waals surface area (Å²) in [6.45, 7) is 3.99. The monoisotopic (exact) mass is 711 g/mol. The van der Waals surface area contributed by atoms with Crippen molar-refractivity contribution >= 4 is 13.8 Å². The molecule has 1 atom stereocenters. The second kappa shape index (κ2) is 37.6. The number of phosphoric acid groups is 1. The fourth-order valence-corrected chi connectivity index (χ4v) is 5.90. The summed E-state index contributed by atoms with van der Waals surface area (Å²) in [7, 11) is -4.67. The Labute approximate surface area is 301 Å². The average Bonchev–Trinajstić information content (AvgIpc) is 3.07. The van der Waals surface area contributed by atoms with E-state index in [1.165, 1.54) is 96.3 Å². The van der Waals surface area contributed by atoms with Gasteiger partial charge >= 0.3 is 13.8 Å². The molecule has 8 heteroatoms. The Morgan fingerprint density at radius 1 is 0.571 bits per heavy atom. The topological polar surface area (TPSA) is 102 Å². The van der Waals surface area contributed by atoms with Crippen LogP contribution in [-0.4, -0.2) is 35.1 Å². The van der Waals surface area contributed by atoms with Crippen molar-refractivity contribution in [3.05, 3.63) is 48.8 Å². The third-order valence-corrected chi connectivity index (χ3v) is 8.94. The van der Waals surface area contributed by atoms with Gasteiger partial charge in [-0.05, 0) is 57.4 Å². The third kappa shape index (κ3) is 40.7. The largest absolute Gasteiger partial charge is 0.498 e. The zero-order valence-electron chi connectivity index (χ0n) is 31.6. The van der Waals surface area contributed by atoms with Crippen molar-refractivity contribution in [1.82, 2.24) is 0 Å². The molecule has 0 aliphatic rings. The lowest BCUT2D eigenvalue weighted by Crippen LogP contribution is -2.27. The highest BCUT2D eigenvalue weighted by atomic mass is 31.2. The van der Waals surface area contributed by atoms with Crippen molar-refractivity contribution < 1.29 is 33.1 Å². The highest BCUT2D eigenvalue weighted by molar-refractivity contribution is 7.46. The molecule has 0 aliphatic carbocycles. The second-order valence-electron chi connectivity index (χ2n) is 13.3. The molecule has 0 aromatic carbocycles. The molecule has 0 rings (SSSR count). The van der Waals surface area contributed by atoms with Crippen molar-refractivity contribution in [2.75, 3.05) is 13.2 Å². The molecular weight excluding hydrogens is 635 g/mol. The van der Waals surface area contributed by atoms with Crippen LogP contribution in [0.15, 0.2) is 48.8 Å². The number of hydrogen-bond acceptors (Lipinski definition) is 5. The Hall–Kier alpha value is -1.66. The van der Waals surface area contributed by atoms with Crippen LogP contribution >= 0.6 is 7.82 Å². The number of carbonyl (C=O) groups is 1. The van der Waals surface area contributed by atoms with Gasteiger partial charge < -0.3 is 19.3 Å². The molecule has 0 aromatic rings. The zero-order valence-corrected chi connectivity index (χ0v) is 32.5. The molecule has 2 N–H and O–H groups in total. The summed E-state index contributed by atoms with van der Waals surface area (Å²) < 4.78 is 26.7. The van der Waals surface area contributed by atoms with Gasteiger partial charge in [-0.15, -0.1) is 0 Å². The maximum atomic E-state index is 12.4. The van der Waals surface area contributed by atoms with E-state index in [0.717, 1.165) is 70.6 Å². The number of ether oxygens (including phenoxy) is 2. The van der Waals surface area contributed by atoms with Crippen molar-refractivity contribution in [2.45, 2.75) is 193 Å². The molecule has 0 saturated heterocycles. The van der Waals surface area contributed by atoms with Gasteiger partial charge in [-0.3, -0.25) is 9.32 Å². The first-order valence-corrected chi connectivity index (χ1v) is 21.5. The average molecular weight is 711 g/mol. The standard InChI is InChI=1S/C41H75O7P/c1-3-5-7-9-11-13-15-17-19-20-21-23-25-27-29-31-33-35-37-46-38-40(39-47-49(43,44)45)48-41(42)36-34-32-30-28-26-24-22-18-16-14-12-10-8-6-4-2/h6,8,12,14,18,22,35,37,40H,3-5,7,9-11,13,15-17,19-21,23-34,36,38-39H2,1-2H3,(H2,43,44,45)/b8-6-,14-12-,22-18-,37-35-/t40-/m1/s1. The Morgan fingerprint density at radius 2 is 1.02 bits per heavy atom. The molecule has 0 amide bonds. The van der Waals surface area contributed by atoms with Crippen molar-refractivity contribution in [2.24, 2.45) is 0 Å². The van der Waals surface area contributed by atoms with Gasteiger partial charge in [-0.2, -0.15) is 0 Å². The molecule has 0 radical (unpaired) electrons. The molecule has 286 valence electrons. The van der Waals surface area contributed by atoms with Crippen LogP contribution in [0.2, 0.25) is 0 Å². The van der Waals surface area contributed by atoms with Gasteiger partial charge in [0.05, 0.1) is 12.9 Å². The predicted molar refractivity (Wildman–Crippen MR) is 206 cm³/mol. The van der Waals surface area contributed by atoms with E-state index >= 15 is 0 Å². The van der Waals surface area contributed by atoms with Crippen LogP contribution in [0.1, 0.15) is 187 Å². The van der Waals surface area contributed by atoms with Crippen LogP contribution < -0.4 is 0 Å². The SMILES string of the molecule is CC/C=C\C/C=C\C/C=C\CCCCCCCC(=O)O[C@H](CO/C=C\CCCCCCCCCCCCCCCCCC)COP(=O)(O)O. The van der Waals surface area contributed by atoms with E-state index in [4.69, 9.17) is 19.3 Å². The number of rotatable bonds is 37. The highest BCUT2D eigenvalue weighted by Gasteiger charge is 2.21. The van der Waals surface area contributed by atoms with E-state index in [9.17, 15) is 9.36 Å². The fourth-order valence-electron chi connectivity index (χ4n) is 5.54. The van der Waals surface area contributed by atoms with Gasteiger partial charge in [0.15, 0.2) is 6.10 Å². The third-order valence-electron chi connectivity index (χ3n) is 8.46. The number of allylic oxidation sites excluding steroid dienone is 7. The minimum atomic E-state index is -4.67. The summed E-state index contributed by atoms with van der Waals surface area (Å²) in [5, 5.41) is 0. The van der Waals surface area contributed by atoms with E-state index in [-0.39, 0.29) is 13.0 Å². The Morgan fingerprint density at radius 3 is 1.53 bits per heavy atom. The van der Waals surface area contributed by atoms with E-state index in [2.05, 4.69) is 54.8 Å². The molecule has 0 spiro atoms. The van der Waals surface area contributed by atoms with Gasteiger partial charge in [0, 0.05) is 6.42 Å². The molecule has 0 aliphatic heterocycles. The summed E-state index contributed by atoms with van der Waals surface area (Å²) in [6, 6.07) is 0. The first-order chi connectivity index (χ1) is 23.9. The first kappa shape index (κ1) is 47.3. The molecule has 7 nitrogen and oxygen atoms in total.